The number of nitrogens with one attached hydrogen (secondary N) is 1. The van der Waals surface area contributed by atoms with Crippen LogP contribution in [-0.2, 0) is 6.54 Å². The monoisotopic (exact) mass is 190 g/mol. The average molecular weight is 190 g/mol. The van der Waals surface area contributed by atoms with Gasteiger partial charge in [0.15, 0.2) is 0 Å². The number of aromatic nitrogens is 4. The molecule has 0 aromatic carbocycles. The van der Waals surface area contributed by atoms with Gasteiger partial charge < -0.3 is 0 Å². The summed E-state index contributed by atoms with van der Waals surface area (Å²) in [5.41, 5.74) is 1.49. The number of hydrogen-bond donors (Lipinski definition) is 1. The van der Waals surface area contributed by atoms with E-state index in [1.54, 1.807) is 17.1 Å². The van der Waals surface area contributed by atoms with E-state index in [1.807, 2.05) is 13.1 Å². The van der Waals surface area contributed by atoms with Crippen molar-refractivity contribution in [1.82, 2.24) is 20.0 Å². The highest BCUT2D eigenvalue weighted by Gasteiger charge is 2.01. The second-order valence-corrected chi connectivity index (χ2v) is 2.92. The van der Waals surface area contributed by atoms with Crippen LogP contribution in [0.4, 0.5) is 0 Å². The normalized spacial score (nSPS) is 10.4. The Morgan fingerprint density at radius 1 is 1.43 bits per heavy atom. The Morgan fingerprint density at radius 3 is 2.93 bits per heavy atom. The first-order valence-corrected chi connectivity index (χ1v) is 4.37. The Kier molecular flexibility index (Phi) is 2.14. The van der Waals surface area contributed by atoms with Gasteiger partial charge in [-0.25, -0.2) is 5.10 Å². The second kappa shape index (κ2) is 3.45. The summed E-state index contributed by atoms with van der Waals surface area (Å²) < 4.78 is 1.80. The van der Waals surface area contributed by atoms with Crippen LogP contribution in [0.5, 0.6) is 0 Å². The van der Waals surface area contributed by atoms with Crippen molar-refractivity contribution in [2.75, 3.05) is 0 Å². The molecular formula is C9H10N4O. The van der Waals surface area contributed by atoms with Crippen LogP contribution in [0, 0.1) is 0 Å². The fraction of sp³-hybridized carbons (Fsp3) is 0.222. The van der Waals surface area contributed by atoms with Gasteiger partial charge in [-0.3, -0.25) is 9.48 Å². The third-order valence-corrected chi connectivity index (χ3v) is 1.96. The van der Waals surface area contributed by atoms with Crippen LogP contribution < -0.4 is 5.56 Å². The zero-order chi connectivity index (χ0) is 9.97. The third-order valence-electron chi connectivity index (χ3n) is 1.96. The number of H-pyrrole nitrogens is 1. The van der Waals surface area contributed by atoms with E-state index in [0.29, 0.717) is 0 Å². The van der Waals surface area contributed by atoms with Gasteiger partial charge in [0, 0.05) is 29.9 Å². The smallest absolute Gasteiger partial charge is 0.264 e. The van der Waals surface area contributed by atoms with Crippen molar-refractivity contribution in [1.29, 1.82) is 0 Å². The van der Waals surface area contributed by atoms with E-state index in [0.717, 1.165) is 17.7 Å². The molecule has 0 spiro atoms. The van der Waals surface area contributed by atoms with E-state index < -0.39 is 0 Å². The first-order valence-electron chi connectivity index (χ1n) is 4.37. The van der Waals surface area contributed by atoms with Gasteiger partial charge in [-0.2, -0.15) is 10.2 Å². The zero-order valence-corrected chi connectivity index (χ0v) is 7.77. The van der Waals surface area contributed by atoms with Gasteiger partial charge in [-0.15, -0.1) is 0 Å². The lowest BCUT2D eigenvalue weighted by Gasteiger charge is -1.93. The first kappa shape index (κ1) is 8.68. The summed E-state index contributed by atoms with van der Waals surface area (Å²) in [7, 11) is 0. The van der Waals surface area contributed by atoms with E-state index >= 15 is 0 Å². The minimum atomic E-state index is -0.202. The molecule has 0 fully saturated rings. The number of aromatic amines is 1. The SMILES string of the molecule is CCn1cc(-c2cn[nH]c(=O)c2)cn1. The summed E-state index contributed by atoms with van der Waals surface area (Å²) in [5.74, 6) is 0. The molecule has 0 atom stereocenters. The highest BCUT2D eigenvalue weighted by Crippen LogP contribution is 2.14. The number of rotatable bonds is 2. The molecule has 0 aliphatic rings. The molecule has 0 saturated heterocycles. The maximum absolute atomic E-state index is 11.0. The summed E-state index contributed by atoms with van der Waals surface area (Å²) in [5, 5.41) is 10.2. The quantitative estimate of drug-likeness (QED) is 0.756. The van der Waals surface area contributed by atoms with Gasteiger partial charge in [-0.05, 0) is 6.92 Å². The average Bonchev–Trinajstić information content (AvgIpc) is 2.66. The Hall–Kier alpha value is -1.91. The summed E-state index contributed by atoms with van der Waals surface area (Å²) in [4.78, 5) is 11.0. The number of aryl methyl sites for hydroxylation is 1. The van der Waals surface area contributed by atoms with Crippen molar-refractivity contribution in [2.24, 2.45) is 0 Å². The Balaban J connectivity index is 2.44. The fourth-order valence-corrected chi connectivity index (χ4v) is 1.22. The van der Waals surface area contributed by atoms with Crippen LogP contribution >= 0.6 is 0 Å². The predicted molar refractivity (Wildman–Crippen MR) is 51.8 cm³/mol. The van der Waals surface area contributed by atoms with Gasteiger partial charge in [0.05, 0.1) is 12.4 Å². The fourth-order valence-electron chi connectivity index (χ4n) is 1.22. The van der Waals surface area contributed by atoms with Crippen LogP contribution in [0.15, 0.2) is 29.5 Å². The molecule has 1 N–H and O–H groups in total. The van der Waals surface area contributed by atoms with Crippen LogP contribution in [0.2, 0.25) is 0 Å². The molecule has 0 amide bonds. The number of hydrogen-bond acceptors (Lipinski definition) is 3. The molecule has 14 heavy (non-hydrogen) atoms. The second-order valence-electron chi connectivity index (χ2n) is 2.92. The van der Waals surface area contributed by atoms with E-state index in [2.05, 4.69) is 15.3 Å². The zero-order valence-electron chi connectivity index (χ0n) is 7.77. The molecule has 72 valence electrons. The molecular weight excluding hydrogens is 180 g/mol. The van der Waals surface area contributed by atoms with Gasteiger partial charge in [-0.1, -0.05) is 0 Å². The molecule has 2 rings (SSSR count). The van der Waals surface area contributed by atoms with E-state index in [9.17, 15) is 4.79 Å². The molecule has 0 aliphatic heterocycles. The standard InChI is InChI=1S/C9H10N4O/c1-2-13-6-8(5-11-13)7-3-9(14)12-10-4-7/h3-6H,2H2,1H3,(H,12,14). The third kappa shape index (κ3) is 1.56. The summed E-state index contributed by atoms with van der Waals surface area (Å²) >= 11 is 0. The van der Waals surface area contributed by atoms with Crippen molar-refractivity contribution in [2.45, 2.75) is 13.5 Å². The first-order chi connectivity index (χ1) is 6.79. The van der Waals surface area contributed by atoms with Crippen LogP contribution in [-0.4, -0.2) is 20.0 Å². The lowest BCUT2D eigenvalue weighted by atomic mass is 10.2. The molecule has 0 bridgehead atoms. The maximum atomic E-state index is 11.0. The summed E-state index contributed by atoms with van der Waals surface area (Å²) in [6.07, 6.45) is 5.22. The molecule has 5 nitrogen and oxygen atoms in total. The van der Waals surface area contributed by atoms with Crippen molar-refractivity contribution in [3.8, 4) is 11.1 Å². The molecule has 0 radical (unpaired) electrons. The molecule has 2 heterocycles. The topological polar surface area (TPSA) is 63.6 Å². The lowest BCUT2D eigenvalue weighted by Crippen LogP contribution is -2.05. The number of nitrogens with zero attached hydrogens (tertiary/aromatic N) is 3. The van der Waals surface area contributed by atoms with Crippen LogP contribution in [0.25, 0.3) is 11.1 Å². The van der Waals surface area contributed by atoms with Gasteiger partial charge in [0.2, 0.25) is 0 Å². The summed E-state index contributed by atoms with van der Waals surface area (Å²) in [6.45, 7) is 2.82. The largest absolute Gasteiger partial charge is 0.272 e. The minimum Gasteiger partial charge on any atom is -0.272 e. The highest BCUT2D eigenvalue weighted by atomic mass is 16.1. The molecule has 0 unspecified atom stereocenters. The van der Waals surface area contributed by atoms with Crippen LogP contribution in [0.3, 0.4) is 0 Å². The van der Waals surface area contributed by atoms with Gasteiger partial charge in [0.25, 0.3) is 5.56 Å². The maximum Gasteiger partial charge on any atom is 0.264 e. The minimum absolute atomic E-state index is 0.202. The van der Waals surface area contributed by atoms with Crippen molar-refractivity contribution < 1.29 is 0 Å². The molecule has 2 aromatic rings. The predicted octanol–water partition coefficient (Wildman–Crippen LogP) is 0.653. The molecule has 5 heteroatoms. The Labute approximate surface area is 80.4 Å². The Morgan fingerprint density at radius 2 is 2.29 bits per heavy atom. The molecule has 2 aromatic heterocycles. The van der Waals surface area contributed by atoms with Gasteiger partial charge >= 0.3 is 0 Å². The van der Waals surface area contributed by atoms with Crippen molar-refractivity contribution >= 4 is 0 Å². The molecule has 0 aliphatic carbocycles. The van der Waals surface area contributed by atoms with E-state index in [1.165, 1.54) is 6.07 Å². The van der Waals surface area contributed by atoms with Crippen molar-refractivity contribution in [3.05, 3.63) is 35.0 Å². The molecule has 0 saturated carbocycles. The highest BCUT2D eigenvalue weighted by molar-refractivity contribution is 5.59. The Bertz CT molecular complexity index is 485. The van der Waals surface area contributed by atoms with Gasteiger partial charge in [0.1, 0.15) is 0 Å². The van der Waals surface area contributed by atoms with E-state index in [4.69, 9.17) is 0 Å². The summed E-state index contributed by atoms with van der Waals surface area (Å²) in [6, 6.07) is 1.50. The lowest BCUT2D eigenvalue weighted by molar-refractivity contribution is 0.660. The van der Waals surface area contributed by atoms with E-state index in [-0.39, 0.29) is 5.56 Å². The van der Waals surface area contributed by atoms with Crippen LogP contribution in [0.1, 0.15) is 6.92 Å². The van der Waals surface area contributed by atoms with Crippen molar-refractivity contribution in [3.63, 3.8) is 0 Å².